The first kappa shape index (κ1) is 26.9. The molecule has 0 spiro atoms. The van der Waals surface area contributed by atoms with E-state index in [1.165, 1.54) is 49.4 Å². The SMILES string of the molecule is c1ccc(C2(c3ccccc3)c3cccnc3-c3ncc(-c4ccc(-n5c6ccccc6c6ccccc65)c5ccccc45)cc32)cc1. The summed E-state index contributed by atoms with van der Waals surface area (Å²) in [5, 5.41) is 4.91. The maximum absolute atomic E-state index is 5.22. The summed E-state index contributed by atoms with van der Waals surface area (Å²) in [4.78, 5) is 10.1. The first-order valence-electron chi connectivity index (χ1n) is 16.4. The van der Waals surface area contributed by atoms with Gasteiger partial charge >= 0.3 is 0 Å². The molecule has 3 heteroatoms. The van der Waals surface area contributed by atoms with Gasteiger partial charge in [-0.05, 0) is 58.0 Å². The van der Waals surface area contributed by atoms with Crippen LogP contribution in [0.3, 0.4) is 0 Å². The van der Waals surface area contributed by atoms with Crippen LogP contribution in [0.4, 0.5) is 0 Å². The minimum absolute atomic E-state index is 0.552. The van der Waals surface area contributed by atoms with Crippen molar-refractivity contribution in [2.45, 2.75) is 5.41 Å². The Hall–Kier alpha value is -6.32. The predicted molar refractivity (Wildman–Crippen MR) is 197 cm³/mol. The number of fused-ring (bicyclic) bond motifs is 7. The van der Waals surface area contributed by atoms with Crippen LogP contribution in [0.5, 0.6) is 0 Å². The van der Waals surface area contributed by atoms with Crippen LogP contribution in [-0.2, 0) is 5.41 Å². The molecule has 3 aromatic heterocycles. The van der Waals surface area contributed by atoms with Crippen LogP contribution in [0, 0.1) is 0 Å². The molecular formula is C45H29N3. The second-order valence-electron chi connectivity index (χ2n) is 12.5. The number of pyridine rings is 2. The van der Waals surface area contributed by atoms with E-state index in [-0.39, 0.29) is 0 Å². The Kier molecular flexibility index (Phi) is 5.79. The molecule has 0 amide bonds. The highest BCUT2D eigenvalue weighted by Crippen LogP contribution is 2.55. The Morgan fingerprint density at radius 1 is 0.438 bits per heavy atom. The largest absolute Gasteiger partial charge is 0.309 e. The molecule has 0 atom stereocenters. The van der Waals surface area contributed by atoms with Gasteiger partial charge in [-0.2, -0.15) is 0 Å². The van der Waals surface area contributed by atoms with Gasteiger partial charge in [0.05, 0.1) is 33.5 Å². The Bertz CT molecular complexity index is 2580. The molecule has 3 nitrogen and oxygen atoms in total. The Labute approximate surface area is 278 Å². The number of nitrogens with zero attached hydrogens (tertiary/aromatic N) is 3. The summed E-state index contributed by atoms with van der Waals surface area (Å²) >= 11 is 0. The van der Waals surface area contributed by atoms with E-state index in [0.29, 0.717) is 0 Å². The third-order valence-electron chi connectivity index (χ3n) is 10.2. The van der Waals surface area contributed by atoms with Crippen LogP contribution in [0.25, 0.3) is 60.8 Å². The van der Waals surface area contributed by atoms with Crippen molar-refractivity contribution in [3.63, 3.8) is 0 Å². The maximum Gasteiger partial charge on any atom is 0.0937 e. The van der Waals surface area contributed by atoms with E-state index in [1.54, 1.807) is 0 Å². The Morgan fingerprint density at radius 2 is 1.00 bits per heavy atom. The number of aromatic nitrogens is 3. The van der Waals surface area contributed by atoms with E-state index in [4.69, 9.17) is 9.97 Å². The quantitative estimate of drug-likeness (QED) is 0.198. The molecule has 0 radical (unpaired) electrons. The number of benzene rings is 6. The molecule has 0 fully saturated rings. The summed E-state index contributed by atoms with van der Waals surface area (Å²) < 4.78 is 2.41. The Morgan fingerprint density at radius 3 is 1.67 bits per heavy atom. The fraction of sp³-hybridized carbons (Fsp3) is 0.0222. The van der Waals surface area contributed by atoms with Crippen molar-refractivity contribution in [3.05, 3.63) is 198 Å². The molecule has 1 aliphatic carbocycles. The maximum atomic E-state index is 5.22. The summed E-state index contributed by atoms with van der Waals surface area (Å²) in [6, 6.07) is 59.0. The lowest BCUT2D eigenvalue weighted by molar-refractivity contribution is 0.765. The molecular weight excluding hydrogens is 583 g/mol. The van der Waals surface area contributed by atoms with E-state index in [2.05, 4.69) is 162 Å². The van der Waals surface area contributed by atoms with Crippen LogP contribution < -0.4 is 0 Å². The molecule has 224 valence electrons. The van der Waals surface area contributed by atoms with Crippen molar-refractivity contribution < 1.29 is 0 Å². The first-order valence-corrected chi connectivity index (χ1v) is 16.4. The average molecular weight is 612 g/mol. The molecule has 0 N–H and O–H groups in total. The van der Waals surface area contributed by atoms with Crippen molar-refractivity contribution in [2.75, 3.05) is 0 Å². The number of hydrogen-bond acceptors (Lipinski definition) is 2. The standard InChI is InChI=1S/C45H29N3/c1-3-14-31(15-4-1)45(32-16-5-2-6-17-32)38-22-13-27-46-43(38)44-39(45)28-30(29-47-44)33-25-26-42(35-19-8-7-18-34(33)35)48-40-23-11-9-20-36(40)37-21-10-12-24-41(37)48/h1-29H. The summed E-state index contributed by atoms with van der Waals surface area (Å²) in [6.45, 7) is 0. The molecule has 10 rings (SSSR count). The van der Waals surface area contributed by atoms with Crippen molar-refractivity contribution in [1.29, 1.82) is 0 Å². The highest BCUT2D eigenvalue weighted by Gasteiger charge is 2.47. The van der Waals surface area contributed by atoms with Crippen LogP contribution >= 0.6 is 0 Å². The fourth-order valence-electron chi connectivity index (χ4n) is 8.21. The zero-order valence-electron chi connectivity index (χ0n) is 26.1. The zero-order valence-corrected chi connectivity index (χ0v) is 26.1. The monoisotopic (exact) mass is 611 g/mol. The first-order chi connectivity index (χ1) is 23.8. The van der Waals surface area contributed by atoms with Gasteiger partial charge in [-0.1, -0.05) is 133 Å². The van der Waals surface area contributed by atoms with Gasteiger partial charge in [-0.15, -0.1) is 0 Å². The highest BCUT2D eigenvalue weighted by atomic mass is 15.0. The number of hydrogen-bond donors (Lipinski definition) is 0. The molecule has 0 bridgehead atoms. The van der Waals surface area contributed by atoms with E-state index >= 15 is 0 Å². The smallest absolute Gasteiger partial charge is 0.0937 e. The minimum atomic E-state index is -0.552. The minimum Gasteiger partial charge on any atom is -0.309 e. The van der Waals surface area contributed by atoms with Crippen LogP contribution in [0.1, 0.15) is 22.3 Å². The molecule has 6 aromatic carbocycles. The fourth-order valence-corrected chi connectivity index (χ4v) is 8.21. The second kappa shape index (κ2) is 10.3. The van der Waals surface area contributed by atoms with Crippen molar-refractivity contribution in [1.82, 2.24) is 14.5 Å². The average Bonchev–Trinajstić information content (AvgIpc) is 3.66. The molecule has 9 aromatic rings. The van der Waals surface area contributed by atoms with Crippen molar-refractivity contribution in [2.24, 2.45) is 0 Å². The van der Waals surface area contributed by atoms with E-state index < -0.39 is 5.41 Å². The third-order valence-corrected chi connectivity index (χ3v) is 10.2. The lowest BCUT2D eigenvalue weighted by atomic mass is 9.68. The van der Waals surface area contributed by atoms with Gasteiger partial charge in [0, 0.05) is 39.7 Å². The number of rotatable bonds is 4. The zero-order chi connectivity index (χ0) is 31.7. The molecule has 48 heavy (non-hydrogen) atoms. The predicted octanol–water partition coefficient (Wildman–Crippen LogP) is 10.8. The van der Waals surface area contributed by atoms with Gasteiger partial charge in [-0.3, -0.25) is 9.97 Å². The Balaban J connectivity index is 1.24. The lowest BCUT2D eigenvalue weighted by Crippen LogP contribution is -2.28. The van der Waals surface area contributed by atoms with Gasteiger partial charge in [0.2, 0.25) is 0 Å². The van der Waals surface area contributed by atoms with Crippen molar-refractivity contribution >= 4 is 32.6 Å². The summed E-state index contributed by atoms with van der Waals surface area (Å²) in [5.74, 6) is 0. The van der Waals surface area contributed by atoms with Gasteiger partial charge in [0.25, 0.3) is 0 Å². The van der Waals surface area contributed by atoms with Gasteiger partial charge in [-0.25, -0.2) is 0 Å². The topological polar surface area (TPSA) is 30.7 Å². The number of para-hydroxylation sites is 2. The second-order valence-corrected chi connectivity index (χ2v) is 12.5. The van der Waals surface area contributed by atoms with Gasteiger partial charge in [0.15, 0.2) is 0 Å². The summed E-state index contributed by atoms with van der Waals surface area (Å²) in [6.07, 6.45) is 3.91. The molecule has 1 aliphatic rings. The molecule has 3 heterocycles. The third kappa shape index (κ3) is 3.64. The van der Waals surface area contributed by atoms with Gasteiger partial charge in [0.1, 0.15) is 0 Å². The van der Waals surface area contributed by atoms with Gasteiger partial charge < -0.3 is 4.57 Å². The summed E-state index contributed by atoms with van der Waals surface area (Å²) in [7, 11) is 0. The molecule has 0 saturated heterocycles. The normalized spacial score (nSPS) is 13.2. The van der Waals surface area contributed by atoms with Crippen LogP contribution in [0.2, 0.25) is 0 Å². The highest BCUT2D eigenvalue weighted by molar-refractivity contribution is 6.11. The lowest BCUT2D eigenvalue weighted by Gasteiger charge is -2.33. The van der Waals surface area contributed by atoms with E-state index in [1.807, 2.05) is 18.5 Å². The molecule has 0 saturated carbocycles. The van der Waals surface area contributed by atoms with Crippen molar-refractivity contribution in [3.8, 4) is 28.2 Å². The molecule has 0 unspecified atom stereocenters. The summed E-state index contributed by atoms with van der Waals surface area (Å²) in [5.41, 5.74) is 11.9. The molecule has 0 aliphatic heterocycles. The van der Waals surface area contributed by atoms with Crippen LogP contribution in [-0.4, -0.2) is 14.5 Å². The van der Waals surface area contributed by atoms with E-state index in [9.17, 15) is 0 Å². The van der Waals surface area contributed by atoms with E-state index in [0.717, 1.165) is 33.6 Å². The van der Waals surface area contributed by atoms with Crippen LogP contribution in [0.15, 0.2) is 176 Å².